The number of guanidine groups is 1. The Kier molecular flexibility index (Phi) is 11.4. The van der Waals surface area contributed by atoms with Crippen molar-refractivity contribution in [3.05, 3.63) is 29.6 Å². The number of nitrogens with one attached hydrogen (secondary N) is 2. The van der Waals surface area contributed by atoms with Crippen LogP contribution in [-0.4, -0.2) is 70.4 Å². The van der Waals surface area contributed by atoms with Gasteiger partial charge in [-0.15, -0.1) is 24.0 Å². The van der Waals surface area contributed by atoms with Gasteiger partial charge in [-0.2, -0.15) is 0 Å². The van der Waals surface area contributed by atoms with Gasteiger partial charge in [0.25, 0.3) is 0 Å². The molecule has 0 bridgehead atoms. The van der Waals surface area contributed by atoms with Gasteiger partial charge in [0.15, 0.2) is 5.96 Å². The van der Waals surface area contributed by atoms with Gasteiger partial charge in [-0.1, -0.05) is 33.8 Å². The molecule has 0 radical (unpaired) electrons. The number of nitrogens with zero attached hydrogens (tertiary/aromatic N) is 3. The Morgan fingerprint density at radius 2 is 1.87 bits per heavy atom. The molecule has 2 N–H and O–H groups in total. The molecule has 0 amide bonds. The normalized spacial score (nSPS) is 16.8. The number of ether oxygens (including phenoxy) is 1. The van der Waals surface area contributed by atoms with Crippen molar-refractivity contribution in [1.29, 1.82) is 0 Å². The summed E-state index contributed by atoms with van der Waals surface area (Å²) in [5.74, 6) is 0.515. The number of benzene rings is 1. The minimum Gasteiger partial charge on any atom is -0.379 e. The van der Waals surface area contributed by atoms with Crippen LogP contribution in [0.5, 0.6) is 0 Å². The van der Waals surface area contributed by atoms with E-state index in [2.05, 4.69) is 53.1 Å². The fraction of sp³-hybridized carbons (Fsp3) is 0.682. The van der Waals surface area contributed by atoms with E-state index in [-0.39, 0.29) is 41.3 Å². The second-order valence-electron chi connectivity index (χ2n) is 8.60. The van der Waals surface area contributed by atoms with Gasteiger partial charge in [0.2, 0.25) is 0 Å². The SMILES string of the molecule is CCN1CCN(c2ccc(CNC(=NC)NCC(OC)C(C)(C)C)cc2F)CC1.I. The molecule has 1 unspecified atom stereocenters. The van der Waals surface area contributed by atoms with Crippen LogP contribution in [0.1, 0.15) is 33.3 Å². The third-order valence-corrected chi connectivity index (χ3v) is 5.56. The van der Waals surface area contributed by atoms with Crippen LogP contribution in [0.15, 0.2) is 23.2 Å². The molecule has 172 valence electrons. The van der Waals surface area contributed by atoms with E-state index in [1.165, 1.54) is 0 Å². The van der Waals surface area contributed by atoms with Crippen molar-refractivity contribution >= 4 is 35.6 Å². The first-order chi connectivity index (χ1) is 13.8. The molecule has 0 saturated carbocycles. The molecular formula is C22H39FIN5O. The monoisotopic (exact) mass is 535 g/mol. The molecule has 1 fully saturated rings. The molecular weight excluding hydrogens is 496 g/mol. The molecule has 1 aliphatic rings. The molecule has 30 heavy (non-hydrogen) atoms. The van der Waals surface area contributed by atoms with E-state index in [1.54, 1.807) is 20.2 Å². The van der Waals surface area contributed by atoms with Crippen LogP contribution in [-0.2, 0) is 11.3 Å². The van der Waals surface area contributed by atoms with Crippen LogP contribution < -0.4 is 15.5 Å². The smallest absolute Gasteiger partial charge is 0.191 e. The van der Waals surface area contributed by atoms with E-state index in [0.717, 1.165) is 38.3 Å². The quantitative estimate of drug-likeness (QED) is 0.319. The molecule has 6 nitrogen and oxygen atoms in total. The van der Waals surface area contributed by atoms with Crippen molar-refractivity contribution in [3.8, 4) is 0 Å². The number of likely N-dealkylation sites (N-methyl/N-ethyl adjacent to an activating group) is 1. The van der Waals surface area contributed by atoms with Crippen LogP contribution >= 0.6 is 24.0 Å². The lowest BCUT2D eigenvalue weighted by Crippen LogP contribution is -2.46. The van der Waals surface area contributed by atoms with Gasteiger partial charge in [-0.05, 0) is 29.7 Å². The first kappa shape index (κ1) is 26.9. The maximum atomic E-state index is 14.7. The Morgan fingerprint density at radius 1 is 1.20 bits per heavy atom. The second kappa shape index (κ2) is 12.7. The summed E-state index contributed by atoms with van der Waals surface area (Å²) >= 11 is 0. The maximum Gasteiger partial charge on any atom is 0.191 e. The van der Waals surface area contributed by atoms with Crippen LogP contribution in [0.4, 0.5) is 10.1 Å². The average molecular weight is 535 g/mol. The largest absolute Gasteiger partial charge is 0.379 e. The number of hydrogen-bond donors (Lipinski definition) is 2. The third-order valence-electron chi connectivity index (χ3n) is 5.56. The maximum absolute atomic E-state index is 14.7. The van der Waals surface area contributed by atoms with Crippen molar-refractivity contribution in [2.24, 2.45) is 10.4 Å². The number of piperazine rings is 1. The Hall–Kier alpha value is -1.13. The van der Waals surface area contributed by atoms with E-state index < -0.39 is 0 Å². The van der Waals surface area contributed by atoms with E-state index in [4.69, 9.17) is 4.74 Å². The van der Waals surface area contributed by atoms with Gasteiger partial charge in [-0.3, -0.25) is 4.99 Å². The Labute approximate surface area is 198 Å². The highest BCUT2D eigenvalue weighted by molar-refractivity contribution is 14.0. The highest BCUT2D eigenvalue weighted by Gasteiger charge is 2.24. The molecule has 1 saturated heterocycles. The van der Waals surface area contributed by atoms with E-state index >= 15 is 0 Å². The standard InChI is InChI=1S/C22H38FN5O.HI/c1-7-27-10-12-28(13-11-27)19-9-8-17(14-18(19)23)15-25-21(24-5)26-16-20(29-6)22(2,3)4;/h8-9,14,20H,7,10-13,15-16H2,1-6H3,(H2,24,25,26);1H. The molecule has 0 aromatic heterocycles. The predicted molar refractivity (Wildman–Crippen MR) is 135 cm³/mol. The Bertz CT molecular complexity index is 672. The van der Waals surface area contributed by atoms with Crippen molar-refractivity contribution in [2.45, 2.75) is 40.3 Å². The number of halogens is 2. The lowest BCUT2D eigenvalue weighted by Gasteiger charge is -2.35. The topological polar surface area (TPSA) is 52.1 Å². The van der Waals surface area contributed by atoms with Crippen LogP contribution in [0, 0.1) is 11.2 Å². The summed E-state index contributed by atoms with van der Waals surface area (Å²) in [5.41, 5.74) is 1.61. The van der Waals surface area contributed by atoms with Gasteiger partial charge >= 0.3 is 0 Å². The number of aliphatic imine (C=N–C) groups is 1. The molecule has 0 aliphatic carbocycles. The number of methoxy groups -OCH3 is 1. The number of rotatable bonds is 7. The van der Waals surface area contributed by atoms with Crippen LogP contribution in [0.2, 0.25) is 0 Å². The van der Waals surface area contributed by atoms with Crippen LogP contribution in [0.3, 0.4) is 0 Å². The van der Waals surface area contributed by atoms with E-state index in [0.29, 0.717) is 24.7 Å². The fourth-order valence-corrected chi connectivity index (χ4v) is 3.56. The highest BCUT2D eigenvalue weighted by atomic mass is 127. The molecule has 1 aliphatic heterocycles. The zero-order chi connectivity index (χ0) is 21.4. The van der Waals surface area contributed by atoms with E-state index in [9.17, 15) is 4.39 Å². The van der Waals surface area contributed by atoms with Gasteiger partial charge in [0, 0.05) is 53.4 Å². The average Bonchev–Trinajstić information content (AvgIpc) is 2.70. The third kappa shape index (κ3) is 7.85. The molecule has 1 aromatic rings. The molecule has 1 atom stereocenters. The Balaban J connectivity index is 0.00000450. The number of hydrogen-bond acceptors (Lipinski definition) is 4. The zero-order valence-electron chi connectivity index (χ0n) is 19.3. The summed E-state index contributed by atoms with van der Waals surface area (Å²) in [7, 11) is 3.45. The summed E-state index contributed by atoms with van der Waals surface area (Å²) in [4.78, 5) is 8.78. The van der Waals surface area contributed by atoms with Crippen molar-refractivity contribution in [1.82, 2.24) is 15.5 Å². The summed E-state index contributed by atoms with van der Waals surface area (Å²) in [6.07, 6.45) is 0.0611. The van der Waals surface area contributed by atoms with Gasteiger partial charge in [-0.25, -0.2) is 4.39 Å². The number of anilines is 1. The fourth-order valence-electron chi connectivity index (χ4n) is 3.56. The van der Waals surface area contributed by atoms with E-state index in [1.807, 2.05) is 12.1 Å². The summed E-state index contributed by atoms with van der Waals surface area (Å²) in [5, 5.41) is 6.54. The minimum absolute atomic E-state index is 0. The highest BCUT2D eigenvalue weighted by Crippen LogP contribution is 2.22. The zero-order valence-corrected chi connectivity index (χ0v) is 21.6. The predicted octanol–water partition coefficient (Wildman–Crippen LogP) is 3.31. The second-order valence-corrected chi connectivity index (χ2v) is 8.60. The first-order valence-corrected chi connectivity index (χ1v) is 10.5. The lowest BCUT2D eigenvalue weighted by atomic mass is 9.89. The summed E-state index contributed by atoms with van der Waals surface area (Å²) in [6, 6.07) is 5.50. The molecule has 8 heteroatoms. The van der Waals surface area contributed by atoms with Gasteiger partial charge in [0.05, 0.1) is 11.8 Å². The summed E-state index contributed by atoms with van der Waals surface area (Å²) in [6.45, 7) is 14.5. The molecule has 2 rings (SSSR count). The van der Waals surface area contributed by atoms with Crippen molar-refractivity contribution < 1.29 is 9.13 Å². The van der Waals surface area contributed by atoms with Gasteiger partial charge < -0.3 is 25.2 Å². The minimum atomic E-state index is -0.163. The molecule has 0 spiro atoms. The lowest BCUT2D eigenvalue weighted by molar-refractivity contribution is 0.0205. The first-order valence-electron chi connectivity index (χ1n) is 10.5. The van der Waals surface area contributed by atoms with Crippen LogP contribution in [0.25, 0.3) is 0 Å². The Morgan fingerprint density at radius 3 is 2.37 bits per heavy atom. The summed E-state index contributed by atoms with van der Waals surface area (Å²) < 4.78 is 20.3. The van der Waals surface area contributed by atoms with Crippen molar-refractivity contribution in [2.75, 3.05) is 58.3 Å². The van der Waals surface area contributed by atoms with Crippen molar-refractivity contribution in [3.63, 3.8) is 0 Å². The van der Waals surface area contributed by atoms with Gasteiger partial charge in [0.1, 0.15) is 5.82 Å². The molecule has 1 heterocycles. The molecule has 1 aromatic carbocycles.